The van der Waals surface area contributed by atoms with E-state index in [2.05, 4.69) is 19.2 Å². The molecule has 3 atom stereocenters. The highest BCUT2D eigenvalue weighted by Crippen LogP contribution is 2.30. The monoisotopic (exact) mass is 289 g/mol. The first-order valence-electron chi connectivity index (χ1n) is 8.09. The van der Waals surface area contributed by atoms with Gasteiger partial charge >= 0.3 is 5.97 Å². The first-order chi connectivity index (χ1) is 10.1. The number of hydrogen-bond acceptors (Lipinski definition) is 2. The van der Waals surface area contributed by atoms with E-state index in [0.29, 0.717) is 18.4 Å². The molecule has 3 nitrogen and oxygen atoms in total. The Kier molecular flexibility index (Phi) is 5.80. The van der Waals surface area contributed by atoms with Crippen LogP contribution in [0.4, 0.5) is 0 Å². The molecule has 2 rings (SSSR count). The minimum Gasteiger partial charge on any atom is -0.480 e. The lowest BCUT2D eigenvalue weighted by Crippen LogP contribution is -2.46. The molecule has 3 heteroatoms. The molecule has 0 aliphatic heterocycles. The van der Waals surface area contributed by atoms with E-state index in [-0.39, 0.29) is 0 Å². The van der Waals surface area contributed by atoms with Crippen LogP contribution in [0, 0.1) is 11.8 Å². The Morgan fingerprint density at radius 1 is 1.29 bits per heavy atom. The molecule has 1 aliphatic carbocycles. The summed E-state index contributed by atoms with van der Waals surface area (Å²) in [5.74, 6) is 0.667. The Labute approximate surface area is 127 Å². The zero-order valence-electron chi connectivity index (χ0n) is 13.1. The minimum absolute atomic E-state index is 0.343. The lowest BCUT2D eigenvalue weighted by molar-refractivity contribution is -0.139. The van der Waals surface area contributed by atoms with Crippen molar-refractivity contribution >= 4 is 5.97 Å². The Bertz CT molecular complexity index is 444. The summed E-state index contributed by atoms with van der Waals surface area (Å²) in [4.78, 5) is 11.5. The van der Waals surface area contributed by atoms with E-state index in [9.17, 15) is 9.90 Å². The molecule has 0 saturated heterocycles. The maximum absolute atomic E-state index is 11.5. The van der Waals surface area contributed by atoms with Gasteiger partial charge in [-0.05, 0) is 36.7 Å². The van der Waals surface area contributed by atoms with Gasteiger partial charge in [0, 0.05) is 6.04 Å². The summed E-state index contributed by atoms with van der Waals surface area (Å²) in [6.45, 7) is 4.54. The normalized spacial score (nSPS) is 24.0. The van der Waals surface area contributed by atoms with Crippen molar-refractivity contribution in [3.8, 4) is 0 Å². The lowest BCUT2D eigenvalue weighted by atomic mass is 9.79. The van der Waals surface area contributed by atoms with Gasteiger partial charge < -0.3 is 10.4 Å². The van der Waals surface area contributed by atoms with Crippen LogP contribution in [0.1, 0.15) is 45.1 Å². The van der Waals surface area contributed by atoms with Crippen molar-refractivity contribution in [2.75, 3.05) is 0 Å². The van der Waals surface area contributed by atoms with Crippen LogP contribution in [0.2, 0.25) is 0 Å². The summed E-state index contributed by atoms with van der Waals surface area (Å²) in [5.41, 5.74) is 1.08. The molecular weight excluding hydrogens is 262 g/mol. The highest BCUT2D eigenvalue weighted by atomic mass is 16.4. The van der Waals surface area contributed by atoms with Gasteiger partial charge in [-0.3, -0.25) is 4.79 Å². The van der Waals surface area contributed by atoms with Gasteiger partial charge in [0.1, 0.15) is 6.04 Å². The molecule has 0 bridgehead atoms. The fraction of sp³-hybridized carbons (Fsp3) is 0.611. The average Bonchev–Trinajstić information content (AvgIpc) is 2.48. The number of carboxylic acid groups (broad SMARTS) is 1. The van der Waals surface area contributed by atoms with Gasteiger partial charge in [0.25, 0.3) is 0 Å². The Morgan fingerprint density at radius 2 is 2.00 bits per heavy atom. The molecule has 116 valence electrons. The van der Waals surface area contributed by atoms with Crippen LogP contribution in [0.15, 0.2) is 30.3 Å². The van der Waals surface area contributed by atoms with Gasteiger partial charge in [0.2, 0.25) is 0 Å². The van der Waals surface area contributed by atoms with Crippen molar-refractivity contribution in [1.29, 1.82) is 0 Å². The molecule has 2 N–H and O–H groups in total. The van der Waals surface area contributed by atoms with E-state index in [4.69, 9.17) is 0 Å². The van der Waals surface area contributed by atoms with E-state index < -0.39 is 12.0 Å². The summed E-state index contributed by atoms with van der Waals surface area (Å²) in [5, 5.41) is 12.9. The fourth-order valence-electron chi connectivity index (χ4n) is 3.34. The van der Waals surface area contributed by atoms with E-state index in [1.54, 1.807) is 0 Å². The van der Waals surface area contributed by atoms with Gasteiger partial charge in [0.15, 0.2) is 0 Å². The van der Waals surface area contributed by atoms with Crippen LogP contribution in [0.5, 0.6) is 0 Å². The predicted octanol–water partition coefficient (Wildman–Crippen LogP) is 3.49. The molecule has 1 aliphatic rings. The number of benzene rings is 1. The molecule has 0 heterocycles. The third-order valence-electron chi connectivity index (χ3n) is 4.68. The van der Waals surface area contributed by atoms with E-state index >= 15 is 0 Å². The summed E-state index contributed by atoms with van der Waals surface area (Å²) < 4.78 is 0. The fourth-order valence-corrected chi connectivity index (χ4v) is 3.34. The van der Waals surface area contributed by atoms with Crippen molar-refractivity contribution in [3.63, 3.8) is 0 Å². The number of nitrogens with one attached hydrogen (secondary N) is 1. The largest absolute Gasteiger partial charge is 0.480 e. The van der Waals surface area contributed by atoms with Crippen molar-refractivity contribution in [2.45, 2.75) is 58.0 Å². The van der Waals surface area contributed by atoms with Gasteiger partial charge in [0.05, 0.1) is 0 Å². The molecule has 1 aromatic rings. The third-order valence-corrected chi connectivity index (χ3v) is 4.68. The number of hydrogen-bond donors (Lipinski definition) is 2. The Hall–Kier alpha value is -1.35. The zero-order valence-corrected chi connectivity index (χ0v) is 13.1. The van der Waals surface area contributed by atoms with Crippen molar-refractivity contribution < 1.29 is 9.90 Å². The summed E-state index contributed by atoms with van der Waals surface area (Å²) >= 11 is 0. The summed E-state index contributed by atoms with van der Waals surface area (Å²) in [6, 6.07) is 9.73. The first-order valence-corrected chi connectivity index (χ1v) is 8.09. The number of carbonyl (C=O) groups is 1. The van der Waals surface area contributed by atoms with Gasteiger partial charge in [-0.25, -0.2) is 0 Å². The van der Waals surface area contributed by atoms with Gasteiger partial charge in [-0.1, -0.05) is 57.0 Å². The molecule has 0 spiro atoms. The van der Waals surface area contributed by atoms with Gasteiger partial charge in [-0.2, -0.15) is 0 Å². The molecule has 0 aromatic heterocycles. The lowest BCUT2D eigenvalue weighted by Gasteiger charge is -2.33. The first kappa shape index (κ1) is 16.0. The Morgan fingerprint density at radius 3 is 2.62 bits per heavy atom. The van der Waals surface area contributed by atoms with Crippen molar-refractivity contribution in [3.05, 3.63) is 35.9 Å². The predicted molar refractivity (Wildman–Crippen MR) is 85.3 cm³/mol. The molecule has 2 unspecified atom stereocenters. The highest BCUT2D eigenvalue weighted by molar-refractivity contribution is 5.74. The molecular formula is C18H27NO2. The minimum atomic E-state index is -0.745. The van der Waals surface area contributed by atoms with Crippen LogP contribution in [-0.4, -0.2) is 23.2 Å². The van der Waals surface area contributed by atoms with Crippen molar-refractivity contribution in [2.24, 2.45) is 11.8 Å². The number of rotatable bonds is 6. The summed E-state index contributed by atoms with van der Waals surface area (Å²) in [6.07, 6.45) is 5.25. The molecule has 0 radical (unpaired) electrons. The maximum atomic E-state index is 11.5. The molecule has 0 amide bonds. The van der Waals surface area contributed by atoms with Gasteiger partial charge in [-0.15, -0.1) is 0 Å². The topological polar surface area (TPSA) is 49.3 Å². The second-order valence-electron chi connectivity index (χ2n) is 6.61. The third kappa shape index (κ3) is 4.85. The number of aliphatic carboxylic acids is 1. The van der Waals surface area contributed by atoms with Crippen molar-refractivity contribution in [1.82, 2.24) is 5.32 Å². The highest BCUT2D eigenvalue weighted by Gasteiger charge is 2.28. The van der Waals surface area contributed by atoms with Crippen LogP contribution in [-0.2, 0) is 11.2 Å². The van der Waals surface area contributed by atoms with E-state index in [1.807, 2.05) is 30.3 Å². The maximum Gasteiger partial charge on any atom is 0.321 e. The van der Waals surface area contributed by atoms with Crippen LogP contribution in [0.3, 0.4) is 0 Å². The van der Waals surface area contributed by atoms with E-state index in [0.717, 1.165) is 24.3 Å². The molecule has 1 aromatic carbocycles. The van der Waals surface area contributed by atoms with Crippen LogP contribution >= 0.6 is 0 Å². The van der Waals surface area contributed by atoms with Crippen LogP contribution in [0.25, 0.3) is 0 Å². The number of carboxylic acids is 1. The zero-order chi connectivity index (χ0) is 15.2. The molecule has 1 saturated carbocycles. The quantitative estimate of drug-likeness (QED) is 0.843. The van der Waals surface area contributed by atoms with E-state index in [1.165, 1.54) is 12.8 Å². The SMILES string of the molecule is CC(C)C1CCCC(N[C@H](Cc2ccccc2)C(=O)O)C1. The standard InChI is InChI=1S/C18H27NO2/c1-13(2)15-9-6-10-16(12-15)19-17(18(20)21)11-14-7-4-3-5-8-14/h3-5,7-8,13,15-17,19H,6,9-12H2,1-2H3,(H,20,21)/t15?,16?,17-/m1/s1. The van der Waals surface area contributed by atoms with Crippen LogP contribution < -0.4 is 5.32 Å². The Balaban J connectivity index is 1.95. The average molecular weight is 289 g/mol. The second kappa shape index (κ2) is 7.60. The molecule has 21 heavy (non-hydrogen) atoms. The summed E-state index contributed by atoms with van der Waals surface area (Å²) in [7, 11) is 0. The molecule has 1 fully saturated rings. The second-order valence-corrected chi connectivity index (χ2v) is 6.61. The smallest absolute Gasteiger partial charge is 0.321 e.